The number of nitrogens with one attached hydrogen (secondary N) is 1. The number of rotatable bonds is 5. The predicted molar refractivity (Wildman–Crippen MR) is 93.5 cm³/mol. The number of carbonyl (C=O) groups excluding carboxylic acids is 1. The van der Waals surface area contributed by atoms with E-state index in [-0.39, 0.29) is 24.1 Å². The van der Waals surface area contributed by atoms with E-state index in [2.05, 4.69) is 5.32 Å². The van der Waals surface area contributed by atoms with Crippen LogP contribution in [-0.2, 0) is 14.8 Å². The SMILES string of the molecule is CCCS(=O)(=O)N1CCC[C@H](C(=O)Nc2ccc(Cl)c(Cl)c2)C1. The van der Waals surface area contributed by atoms with E-state index in [0.29, 0.717) is 41.5 Å². The van der Waals surface area contributed by atoms with Crippen LogP contribution in [0, 0.1) is 5.92 Å². The maximum absolute atomic E-state index is 12.4. The molecule has 1 atom stereocenters. The van der Waals surface area contributed by atoms with Gasteiger partial charge in [-0.3, -0.25) is 4.79 Å². The molecular formula is C15H20Cl2N2O3S. The summed E-state index contributed by atoms with van der Waals surface area (Å²) in [4.78, 5) is 12.4. The third-order valence-electron chi connectivity index (χ3n) is 3.80. The highest BCUT2D eigenvalue weighted by atomic mass is 35.5. The van der Waals surface area contributed by atoms with Gasteiger partial charge in [-0.25, -0.2) is 12.7 Å². The fourth-order valence-corrected chi connectivity index (χ4v) is 4.50. The van der Waals surface area contributed by atoms with Crippen LogP contribution in [0.4, 0.5) is 5.69 Å². The second kappa shape index (κ2) is 7.83. The van der Waals surface area contributed by atoms with E-state index in [0.717, 1.165) is 0 Å². The predicted octanol–water partition coefficient (Wildman–Crippen LogP) is 3.38. The molecule has 0 unspecified atom stereocenters. The Kier molecular flexibility index (Phi) is 6.31. The van der Waals surface area contributed by atoms with Crippen molar-refractivity contribution in [2.24, 2.45) is 5.92 Å². The molecule has 0 aliphatic carbocycles. The lowest BCUT2D eigenvalue weighted by molar-refractivity contribution is -0.120. The summed E-state index contributed by atoms with van der Waals surface area (Å²) >= 11 is 11.8. The minimum atomic E-state index is -3.27. The summed E-state index contributed by atoms with van der Waals surface area (Å²) in [6.07, 6.45) is 1.92. The van der Waals surface area contributed by atoms with Gasteiger partial charge in [-0.1, -0.05) is 30.1 Å². The molecule has 1 heterocycles. The number of hydrogen-bond donors (Lipinski definition) is 1. The molecule has 5 nitrogen and oxygen atoms in total. The van der Waals surface area contributed by atoms with E-state index in [4.69, 9.17) is 23.2 Å². The highest BCUT2D eigenvalue weighted by Crippen LogP contribution is 2.26. The number of anilines is 1. The third-order valence-corrected chi connectivity index (χ3v) is 6.58. The number of hydrogen-bond acceptors (Lipinski definition) is 3. The first kappa shape index (κ1) is 18.5. The Morgan fingerprint density at radius 1 is 1.35 bits per heavy atom. The van der Waals surface area contributed by atoms with Gasteiger partial charge in [0.1, 0.15) is 0 Å². The van der Waals surface area contributed by atoms with Gasteiger partial charge >= 0.3 is 0 Å². The number of amides is 1. The monoisotopic (exact) mass is 378 g/mol. The van der Waals surface area contributed by atoms with Crippen LogP contribution in [0.15, 0.2) is 18.2 Å². The van der Waals surface area contributed by atoms with E-state index in [1.807, 2.05) is 6.92 Å². The number of nitrogens with zero attached hydrogens (tertiary/aromatic N) is 1. The van der Waals surface area contributed by atoms with E-state index < -0.39 is 10.0 Å². The topological polar surface area (TPSA) is 66.5 Å². The van der Waals surface area contributed by atoms with Crippen molar-refractivity contribution < 1.29 is 13.2 Å². The normalized spacial score (nSPS) is 19.5. The average Bonchev–Trinajstić information content (AvgIpc) is 2.51. The first-order valence-electron chi connectivity index (χ1n) is 7.57. The fraction of sp³-hybridized carbons (Fsp3) is 0.533. The van der Waals surface area contributed by atoms with Crippen LogP contribution < -0.4 is 5.32 Å². The molecule has 1 amide bonds. The van der Waals surface area contributed by atoms with Gasteiger partial charge in [0, 0.05) is 18.8 Å². The Morgan fingerprint density at radius 2 is 2.09 bits per heavy atom. The van der Waals surface area contributed by atoms with Gasteiger partial charge in [-0.2, -0.15) is 0 Å². The quantitative estimate of drug-likeness (QED) is 0.853. The van der Waals surface area contributed by atoms with Crippen molar-refractivity contribution in [1.29, 1.82) is 0 Å². The summed E-state index contributed by atoms with van der Waals surface area (Å²) in [6.45, 7) is 2.55. The van der Waals surface area contributed by atoms with Crippen LogP contribution >= 0.6 is 23.2 Å². The lowest BCUT2D eigenvalue weighted by atomic mass is 9.99. The van der Waals surface area contributed by atoms with Crippen LogP contribution in [0.25, 0.3) is 0 Å². The molecule has 1 aliphatic heterocycles. The lowest BCUT2D eigenvalue weighted by Gasteiger charge is -2.31. The molecule has 8 heteroatoms. The highest BCUT2D eigenvalue weighted by molar-refractivity contribution is 7.89. The van der Waals surface area contributed by atoms with Crippen molar-refractivity contribution in [2.45, 2.75) is 26.2 Å². The summed E-state index contributed by atoms with van der Waals surface area (Å²) in [6, 6.07) is 4.86. The lowest BCUT2D eigenvalue weighted by Crippen LogP contribution is -2.44. The number of carbonyl (C=O) groups is 1. The maximum Gasteiger partial charge on any atom is 0.228 e. The molecule has 2 rings (SSSR count). The Hall–Kier alpha value is -0.820. The van der Waals surface area contributed by atoms with Crippen molar-refractivity contribution in [3.63, 3.8) is 0 Å². The Labute approximate surface area is 147 Å². The van der Waals surface area contributed by atoms with Crippen LogP contribution in [0.2, 0.25) is 10.0 Å². The van der Waals surface area contributed by atoms with Crippen LogP contribution in [-0.4, -0.2) is 37.5 Å². The molecular weight excluding hydrogens is 359 g/mol. The summed E-state index contributed by atoms with van der Waals surface area (Å²) in [5.74, 6) is -0.432. The molecule has 1 N–H and O–H groups in total. The van der Waals surface area contributed by atoms with Gasteiger partial charge in [0.2, 0.25) is 15.9 Å². The molecule has 1 fully saturated rings. The van der Waals surface area contributed by atoms with Gasteiger partial charge in [0.05, 0.1) is 21.7 Å². The van der Waals surface area contributed by atoms with Crippen LogP contribution in [0.5, 0.6) is 0 Å². The molecule has 0 bridgehead atoms. The van der Waals surface area contributed by atoms with Crippen molar-refractivity contribution in [3.8, 4) is 0 Å². The molecule has 0 radical (unpaired) electrons. The smallest absolute Gasteiger partial charge is 0.228 e. The Balaban J connectivity index is 2.03. The van der Waals surface area contributed by atoms with Crippen LogP contribution in [0.3, 0.4) is 0 Å². The molecule has 0 spiro atoms. The second-order valence-corrected chi connectivity index (χ2v) is 8.53. The first-order chi connectivity index (χ1) is 10.8. The Bertz CT molecular complexity index is 679. The van der Waals surface area contributed by atoms with Crippen molar-refractivity contribution >= 4 is 44.8 Å². The minimum Gasteiger partial charge on any atom is -0.326 e. The number of piperidine rings is 1. The van der Waals surface area contributed by atoms with E-state index >= 15 is 0 Å². The molecule has 1 saturated heterocycles. The molecule has 1 aromatic rings. The van der Waals surface area contributed by atoms with Gasteiger partial charge in [-0.15, -0.1) is 0 Å². The van der Waals surface area contributed by atoms with Crippen molar-refractivity contribution in [1.82, 2.24) is 4.31 Å². The van der Waals surface area contributed by atoms with Crippen LogP contribution in [0.1, 0.15) is 26.2 Å². The zero-order valence-corrected chi connectivity index (χ0v) is 15.2. The minimum absolute atomic E-state index is 0.119. The standard InChI is InChI=1S/C15H20Cl2N2O3S/c1-2-8-23(21,22)19-7-3-4-11(10-19)15(20)18-12-5-6-13(16)14(17)9-12/h5-6,9,11H,2-4,7-8,10H2,1H3,(H,18,20)/t11-/m0/s1. The van der Waals surface area contributed by atoms with Crippen molar-refractivity contribution in [3.05, 3.63) is 28.2 Å². The van der Waals surface area contributed by atoms with Gasteiger partial charge in [0.25, 0.3) is 0 Å². The zero-order chi connectivity index (χ0) is 17.0. The van der Waals surface area contributed by atoms with Gasteiger partial charge in [0.15, 0.2) is 0 Å². The zero-order valence-electron chi connectivity index (χ0n) is 12.9. The van der Waals surface area contributed by atoms with Gasteiger partial charge in [-0.05, 0) is 37.5 Å². The summed E-state index contributed by atoms with van der Waals surface area (Å²) in [7, 11) is -3.27. The van der Waals surface area contributed by atoms with E-state index in [9.17, 15) is 13.2 Å². The molecule has 1 aliphatic rings. The second-order valence-electron chi connectivity index (χ2n) is 5.63. The number of benzene rings is 1. The maximum atomic E-state index is 12.4. The molecule has 1 aromatic carbocycles. The third kappa shape index (κ3) is 4.83. The molecule has 0 aromatic heterocycles. The number of sulfonamides is 1. The summed E-state index contributed by atoms with van der Waals surface area (Å²) < 4.78 is 25.7. The molecule has 0 saturated carbocycles. The first-order valence-corrected chi connectivity index (χ1v) is 9.93. The Morgan fingerprint density at radius 3 is 2.74 bits per heavy atom. The summed E-state index contributed by atoms with van der Waals surface area (Å²) in [5.41, 5.74) is 0.554. The summed E-state index contributed by atoms with van der Waals surface area (Å²) in [5, 5.41) is 3.56. The fourth-order valence-electron chi connectivity index (χ4n) is 2.61. The molecule has 23 heavy (non-hydrogen) atoms. The van der Waals surface area contributed by atoms with E-state index in [1.165, 1.54) is 4.31 Å². The molecule has 128 valence electrons. The highest BCUT2D eigenvalue weighted by Gasteiger charge is 2.31. The largest absolute Gasteiger partial charge is 0.326 e. The average molecular weight is 379 g/mol. The van der Waals surface area contributed by atoms with E-state index in [1.54, 1.807) is 18.2 Å². The number of halogens is 2. The van der Waals surface area contributed by atoms with Gasteiger partial charge < -0.3 is 5.32 Å². The van der Waals surface area contributed by atoms with Crippen molar-refractivity contribution in [2.75, 3.05) is 24.2 Å².